The number of aliphatic hydroxyl groups is 1. The normalized spacial score (nSPS) is 23.0. The lowest BCUT2D eigenvalue weighted by Crippen LogP contribution is -2.26. The Morgan fingerprint density at radius 2 is 2.21 bits per heavy atom. The van der Waals surface area contributed by atoms with Crippen LogP contribution < -0.4 is 0 Å². The molecule has 144 valence electrons. The molecule has 4 atom stereocenters. The van der Waals surface area contributed by atoms with Crippen molar-refractivity contribution in [3.63, 3.8) is 0 Å². The third-order valence-electron chi connectivity index (χ3n) is 5.22. The second-order valence-electron chi connectivity index (χ2n) is 7.32. The maximum atomic E-state index is 14.0. The first-order valence-corrected chi connectivity index (χ1v) is 9.23. The van der Waals surface area contributed by atoms with Gasteiger partial charge in [0, 0.05) is 12.1 Å². The summed E-state index contributed by atoms with van der Waals surface area (Å²) in [6, 6.07) is 12.0. The van der Waals surface area contributed by atoms with Gasteiger partial charge in [-0.05, 0) is 43.0 Å². The van der Waals surface area contributed by atoms with Gasteiger partial charge in [0.15, 0.2) is 0 Å². The fraction of sp³-hybridized carbons (Fsp3) is 0.348. The van der Waals surface area contributed by atoms with Gasteiger partial charge in [-0.1, -0.05) is 43.3 Å². The van der Waals surface area contributed by atoms with Gasteiger partial charge in [0.05, 0.1) is 29.5 Å². The standard InChI is InChI=1S/C23H23FN2O2/c1-13-10-17(19-6-5-9-25-16(19)4)7-8-18(13)15(3)12-26-23(28)21-14(2)11-20(27)22(21)24/h7-10,12,15,20-22,27H,2,11H2,1,3-4H3/b26-12+/t15-,20+,21?,22+/m1/s1. The molecule has 1 N–H and O–H groups in total. The molecule has 5 heteroatoms. The van der Waals surface area contributed by atoms with Gasteiger partial charge in [-0.25, -0.2) is 9.38 Å². The number of nitrogens with zero attached hydrogens (tertiary/aromatic N) is 2. The molecular formula is C23H23FN2O2. The number of hydrogen-bond acceptors (Lipinski definition) is 3. The molecule has 0 bridgehead atoms. The lowest BCUT2D eigenvalue weighted by Gasteiger charge is -2.13. The van der Waals surface area contributed by atoms with Gasteiger partial charge in [-0.2, -0.15) is 0 Å². The van der Waals surface area contributed by atoms with Crippen molar-refractivity contribution in [2.45, 2.75) is 45.4 Å². The average molecular weight is 378 g/mol. The summed E-state index contributed by atoms with van der Waals surface area (Å²) in [5, 5.41) is 9.57. The van der Waals surface area contributed by atoms with Crippen molar-refractivity contribution in [3.8, 4) is 11.1 Å². The van der Waals surface area contributed by atoms with Crippen molar-refractivity contribution in [2.75, 3.05) is 0 Å². The van der Waals surface area contributed by atoms with E-state index in [4.69, 9.17) is 0 Å². The summed E-state index contributed by atoms with van der Waals surface area (Å²) in [6.07, 6.45) is 0.420. The van der Waals surface area contributed by atoms with Gasteiger partial charge in [0.2, 0.25) is 0 Å². The second-order valence-corrected chi connectivity index (χ2v) is 7.32. The minimum atomic E-state index is -1.63. The predicted molar refractivity (Wildman–Crippen MR) is 107 cm³/mol. The molecule has 28 heavy (non-hydrogen) atoms. The number of carbonyl (C=O) groups is 1. The van der Waals surface area contributed by atoms with E-state index in [0.717, 1.165) is 27.9 Å². The van der Waals surface area contributed by atoms with Gasteiger partial charge < -0.3 is 5.11 Å². The maximum Gasteiger partial charge on any atom is 0.255 e. The third kappa shape index (κ3) is 3.88. The number of benzene rings is 1. The van der Waals surface area contributed by atoms with Gasteiger partial charge in [-0.15, -0.1) is 0 Å². The van der Waals surface area contributed by atoms with Crippen LogP contribution in [0.5, 0.6) is 0 Å². The van der Waals surface area contributed by atoms with Gasteiger partial charge >= 0.3 is 0 Å². The van der Waals surface area contributed by atoms with Crippen LogP contribution in [0.4, 0.5) is 4.39 Å². The van der Waals surface area contributed by atoms with E-state index in [1.54, 1.807) is 6.20 Å². The molecule has 0 spiro atoms. The van der Waals surface area contributed by atoms with Crippen LogP contribution in [0.3, 0.4) is 0 Å². The number of amides is 1. The fourth-order valence-corrected chi connectivity index (χ4v) is 3.62. The Balaban J connectivity index is 1.77. The van der Waals surface area contributed by atoms with E-state index in [1.165, 1.54) is 6.21 Å². The van der Waals surface area contributed by atoms with Gasteiger partial charge in [-0.3, -0.25) is 9.78 Å². The topological polar surface area (TPSA) is 62.5 Å². The van der Waals surface area contributed by atoms with E-state index >= 15 is 0 Å². The van der Waals surface area contributed by atoms with E-state index in [0.29, 0.717) is 5.57 Å². The summed E-state index contributed by atoms with van der Waals surface area (Å²) < 4.78 is 14.0. The highest BCUT2D eigenvalue weighted by Gasteiger charge is 2.42. The molecule has 3 rings (SSSR count). The van der Waals surface area contributed by atoms with Crippen LogP contribution in [-0.4, -0.2) is 34.5 Å². The molecule has 4 nitrogen and oxygen atoms in total. The van der Waals surface area contributed by atoms with Gasteiger partial charge in [0.25, 0.3) is 5.91 Å². The maximum absolute atomic E-state index is 14.0. The number of halogens is 1. The molecule has 1 amide bonds. The minimum absolute atomic E-state index is 0.103. The summed E-state index contributed by atoms with van der Waals surface area (Å²) in [4.78, 5) is 20.5. The smallest absolute Gasteiger partial charge is 0.255 e. The van der Waals surface area contributed by atoms with Crippen LogP contribution in [0.1, 0.15) is 36.1 Å². The van der Waals surface area contributed by atoms with Gasteiger partial charge in [0.1, 0.15) is 6.17 Å². The van der Waals surface area contributed by atoms with Crippen molar-refractivity contribution in [2.24, 2.45) is 10.9 Å². The Bertz CT molecular complexity index is 938. The Morgan fingerprint density at radius 3 is 2.82 bits per heavy atom. The van der Waals surface area contributed by atoms with Crippen LogP contribution >= 0.6 is 0 Å². The molecular weight excluding hydrogens is 355 g/mol. The number of carbonyl (C=O) groups excluding carboxylic acids is 1. The van der Waals surface area contributed by atoms with Crippen LogP contribution in [0.25, 0.3) is 11.1 Å². The molecule has 0 radical (unpaired) electrons. The SMILES string of the molecule is C=C1C[C@H](O)[C@H](F)C1C(=O)/N=C/[C@@H](C)c1ccc(-c2c#ccnc2C)cc1C. The monoisotopic (exact) mass is 378 g/mol. The molecule has 1 aliphatic rings. The summed E-state index contributed by atoms with van der Waals surface area (Å²) in [5.74, 6) is -1.77. The number of rotatable bonds is 4. The first-order chi connectivity index (χ1) is 13.3. The zero-order valence-electron chi connectivity index (χ0n) is 16.2. The lowest BCUT2D eigenvalue weighted by atomic mass is 9.93. The van der Waals surface area contributed by atoms with Crippen molar-refractivity contribution in [1.29, 1.82) is 0 Å². The van der Waals surface area contributed by atoms with Crippen molar-refractivity contribution >= 4 is 12.1 Å². The van der Waals surface area contributed by atoms with E-state index < -0.39 is 24.1 Å². The lowest BCUT2D eigenvalue weighted by molar-refractivity contribution is -0.122. The molecule has 0 aliphatic heterocycles. The molecule has 1 saturated carbocycles. The zero-order valence-corrected chi connectivity index (χ0v) is 16.2. The Kier molecular flexibility index (Phi) is 5.71. The van der Waals surface area contributed by atoms with E-state index in [2.05, 4.69) is 28.7 Å². The predicted octanol–water partition coefficient (Wildman–Crippen LogP) is 3.94. The number of aliphatic hydroxyl groups excluding tert-OH is 1. The number of hydrogen-bond donors (Lipinski definition) is 1. The first kappa shape index (κ1) is 19.9. The zero-order chi connectivity index (χ0) is 20.4. The Morgan fingerprint density at radius 1 is 1.46 bits per heavy atom. The molecule has 1 aliphatic carbocycles. The largest absolute Gasteiger partial charge is 0.390 e. The summed E-state index contributed by atoms with van der Waals surface area (Å²) in [7, 11) is 0. The summed E-state index contributed by atoms with van der Waals surface area (Å²) in [5.41, 5.74) is 5.25. The highest BCUT2D eigenvalue weighted by molar-refractivity contribution is 5.91. The molecule has 1 aromatic heterocycles. The van der Waals surface area contributed by atoms with Crippen molar-refractivity contribution in [3.05, 3.63) is 65.5 Å². The van der Waals surface area contributed by atoms with Crippen LogP contribution in [0.15, 0.2) is 41.5 Å². The average Bonchev–Trinajstić information content (AvgIpc) is 2.91. The molecule has 1 heterocycles. The molecule has 1 aromatic carbocycles. The number of aromatic nitrogens is 1. The van der Waals surface area contributed by atoms with Crippen LogP contribution in [0.2, 0.25) is 0 Å². The summed E-state index contributed by atoms with van der Waals surface area (Å²) in [6.45, 7) is 9.55. The number of aryl methyl sites for hydroxylation is 2. The van der Waals surface area contributed by atoms with E-state index in [1.807, 2.05) is 39.0 Å². The van der Waals surface area contributed by atoms with Crippen molar-refractivity contribution in [1.82, 2.24) is 4.98 Å². The van der Waals surface area contributed by atoms with Crippen LogP contribution in [0, 0.1) is 31.9 Å². The Hall–Kier alpha value is -2.84. The Labute approximate surface area is 164 Å². The summed E-state index contributed by atoms with van der Waals surface area (Å²) >= 11 is 0. The highest BCUT2D eigenvalue weighted by Crippen LogP contribution is 2.34. The molecule has 2 aromatic rings. The quantitative estimate of drug-likeness (QED) is 0.647. The molecule has 0 saturated heterocycles. The van der Waals surface area contributed by atoms with Crippen LogP contribution in [-0.2, 0) is 4.79 Å². The van der Waals surface area contributed by atoms with Crippen molar-refractivity contribution < 1.29 is 14.3 Å². The molecule has 1 unspecified atom stereocenters. The first-order valence-electron chi connectivity index (χ1n) is 9.23. The highest BCUT2D eigenvalue weighted by atomic mass is 19.1. The second kappa shape index (κ2) is 8.04. The van der Waals surface area contributed by atoms with E-state index in [-0.39, 0.29) is 12.3 Å². The molecule has 1 fully saturated rings. The number of aliphatic imine (C=N–C) groups is 1. The minimum Gasteiger partial charge on any atom is -0.390 e. The fourth-order valence-electron chi connectivity index (χ4n) is 3.62. The third-order valence-corrected chi connectivity index (χ3v) is 5.22. The van der Waals surface area contributed by atoms with E-state index in [9.17, 15) is 14.3 Å². The number of alkyl halides is 1.